The molecular formula is C16H28N2. The second kappa shape index (κ2) is 7.14. The minimum Gasteiger partial charge on any atom is -0.310 e. The van der Waals surface area contributed by atoms with Crippen molar-refractivity contribution in [3.63, 3.8) is 0 Å². The highest BCUT2D eigenvalue weighted by Gasteiger charge is 2.28. The summed E-state index contributed by atoms with van der Waals surface area (Å²) in [5.41, 5.74) is 0. The van der Waals surface area contributed by atoms with Gasteiger partial charge in [0.15, 0.2) is 0 Å². The second-order valence-electron chi connectivity index (χ2n) is 6.30. The van der Waals surface area contributed by atoms with Gasteiger partial charge in [0.1, 0.15) is 0 Å². The van der Waals surface area contributed by atoms with E-state index in [0.29, 0.717) is 12.1 Å². The van der Waals surface area contributed by atoms with Gasteiger partial charge in [-0.1, -0.05) is 32.6 Å². The van der Waals surface area contributed by atoms with E-state index in [1.807, 2.05) is 0 Å². The maximum absolute atomic E-state index is 9.21. The molecule has 1 N–H and O–H groups in total. The van der Waals surface area contributed by atoms with Crippen LogP contribution in [-0.2, 0) is 0 Å². The Kier molecular flexibility index (Phi) is 5.50. The zero-order valence-electron chi connectivity index (χ0n) is 11.8. The number of nitrogens with one attached hydrogen (secondary N) is 1. The SMILES string of the molecule is CCCC1CCC(NC2CCCCC2C#N)CC1. The highest BCUT2D eigenvalue weighted by molar-refractivity contribution is 4.96. The molecule has 0 spiro atoms. The monoisotopic (exact) mass is 248 g/mol. The van der Waals surface area contributed by atoms with Crippen molar-refractivity contribution >= 4 is 0 Å². The Morgan fingerprint density at radius 3 is 2.44 bits per heavy atom. The van der Waals surface area contributed by atoms with Crippen LogP contribution in [0.4, 0.5) is 0 Å². The van der Waals surface area contributed by atoms with Crippen molar-refractivity contribution in [1.29, 1.82) is 5.26 Å². The van der Waals surface area contributed by atoms with E-state index < -0.39 is 0 Å². The predicted molar refractivity (Wildman–Crippen MR) is 75.1 cm³/mol. The van der Waals surface area contributed by atoms with Gasteiger partial charge >= 0.3 is 0 Å². The van der Waals surface area contributed by atoms with Gasteiger partial charge in [0.2, 0.25) is 0 Å². The first-order valence-electron chi connectivity index (χ1n) is 7.99. The summed E-state index contributed by atoms with van der Waals surface area (Å²) in [7, 11) is 0. The zero-order chi connectivity index (χ0) is 12.8. The Morgan fingerprint density at radius 2 is 1.78 bits per heavy atom. The van der Waals surface area contributed by atoms with Crippen molar-refractivity contribution in [3.05, 3.63) is 0 Å². The normalized spacial score (nSPS) is 37.1. The second-order valence-corrected chi connectivity index (χ2v) is 6.30. The molecule has 0 aromatic rings. The molecule has 2 fully saturated rings. The Hall–Kier alpha value is -0.550. The minimum absolute atomic E-state index is 0.270. The molecule has 0 saturated heterocycles. The molecule has 2 saturated carbocycles. The van der Waals surface area contributed by atoms with Gasteiger partial charge < -0.3 is 5.32 Å². The first kappa shape index (κ1) is 13.9. The number of hydrogen-bond donors (Lipinski definition) is 1. The summed E-state index contributed by atoms with van der Waals surface area (Å²) < 4.78 is 0. The van der Waals surface area contributed by atoms with Gasteiger partial charge in [-0.15, -0.1) is 0 Å². The lowest BCUT2D eigenvalue weighted by Gasteiger charge is -2.35. The zero-order valence-corrected chi connectivity index (χ0v) is 11.8. The molecule has 18 heavy (non-hydrogen) atoms. The van der Waals surface area contributed by atoms with Gasteiger partial charge in [0.25, 0.3) is 0 Å². The molecule has 102 valence electrons. The fourth-order valence-electron chi connectivity index (χ4n) is 3.81. The third kappa shape index (κ3) is 3.72. The van der Waals surface area contributed by atoms with Gasteiger partial charge in [0.05, 0.1) is 12.0 Å². The van der Waals surface area contributed by atoms with E-state index in [2.05, 4.69) is 18.3 Å². The summed E-state index contributed by atoms with van der Waals surface area (Å²) in [5, 5.41) is 13.0. The topological polar surface area (TPSA) is 35.8 Å². The Labute approximate surface area is 112 Å². The molecule has 2 rings (SSSR count). The third-order valence-electron chi connectivity index (χ3n) is 4.93. The van der Waals surface area contributed by atoms with Crippen molar-refractivity contribution in [1.82, 2.24) is 5.32 Å². The van der Waals surface area contributed by atoms with E-state index in [9.17, 15) is 5.26 Å². The Morgan fingerprint density at radius 1 is 1.06 bits per heavy atom. The number of nitriles is 1. The fourth-order valence-corrected chi connectivity index (χ4v) is 3.81. The van der Waals surface area contributed by atoms with Crippen molar-refractivity contribution in [2.75, 3.05) is 0 Å². The van der Waals surface area contributed by atoms with Crippen LogP contribution in [-0.4, -0.2) is 12.1 Å². The molecule has 2 aliphatic carbocycles. The molecule has 0 amide bonds. The molecule has 2 unspecified atom stereocenters. The van der Waals surface area contributed by atoms with Crippen molar-refractivity contribution in [2.45, 2.75) is 83.2 Å². The van der Waals surface area contributed by atoms with Crippen LogP contribution >= 0.6 is 0 Å². The third-order valence-corrected chi connectivity index (χ3v) is 4.93. The van der Waals surface area contributed by atoms with E-state index in [0.717, 1.165) is 12.3 Å². The van der Waals surface area contributed by atoms with Crippen LogP contribution in [0.5, 0.6) is 0 Å². The van der Waals surface area contributed by atoms with Crippen LogP contribution in [0.2, 0.25) is 0 Å². The lowest BCUT2D eigenvalue weighted by atomic mass is 9.81. The average molecular weight is 248 g/mol. The van der Waals surface area contributed by atoms with Crippen molar-refractivity contribution < 1.29 is 0 Å². The van der Waals surface area contributed by atoms with Crippen LogP contribution in [0, 0.1) is 23.2 Å². The molecular weight excluding hydrogens is 220 g/mol. The Balaban J connectivity index is 1.75. The first-order chi connectivity index (χ1) is 8.83. The summed E-state index contributed by atoms with van der Waals surface area (Å²) in [6, 6.07) is 3.68. The highest BCUT2D eigenvalue weighted by Crippen LogP contribution is 2.30. The number of rotatable bonds is 4. The molecule has 2 atom stereocenters. The lowest BCUT2D eigenvalue weighted by molar-refractivity contribution is 0.224. The fraction of sp³-hybridized carbons (Fsp3) is 0.938. The number of hydrogen-bond acceptors (Lipinski definition) is 2. The maximum Gasteiger partial charge on any atom is 0.0672 e. The quantitative estimate of drug-likeness (QED) is 0.815. The summed E-state index contributed by atoms with van der Waals surface area (Å²) in [5.74, 6) is 1.25. The Bertz CT molecular complexity index is 273. The summed E-state index contributed by atoms with van der Waals surface area (Å²) in [6.45, 7) is 2.30. The lowest BCUT2D eigenvalue weighted by Crippen LogP contribution is -2.45. The molecule has 0 radical (unpaired) electrons. The van der Waals surface area contributed by atoms with Crippen molar-refractivity contribution in [2.24, 2.45) is 11.8 Å². The molecule has 2 aliphatic rings. The van der Waals surface area contributed by atoms with Crippen LogP contribution in [0.3, 0.4) is 0 Å². The van der Waals surface area contributed by atoms with E-state index in [1.165, 1.54) is 57.8 Å². The molecule has 0 heterocycles. The minimum atomic E-state index is 0.270. The molecule has 0 aromatic heterocycles. The molecule has 0 bridgehead atoms. The van der Waals surface area contributed by atoms with Crippen LogP contribution in [0.25, 0.3) is 0 Å². The van der Waals surface area contributed by atoms with Gasteiger partial charge in [-0.3, -0.25) is 0 Å². The van der Waals surface area contributed by atoms with Gasteiger partial charge in [-0.25, -0.2) is 0 Å². The molecule has 0 aliphatic heterocycles. The highest BCUT2D eigenvalue weighted by atomic mass is 15.0. The molecule has 0 aromatic carbocycles. The van der Waals surface area contributed by atoms with E-state index in [-0.39, 0.29) is 5.92 Å². The maximum atomic E-state index is 9.21. The van der Waals surface area contributed by atoms with Gasteiger partial charge in [-0.05, 0) is 44.4 Å². The predicted octanol–water partition coefficient (Wildman–Crippen LogP) is 4.02. The van der Waals surface area contributed by atoms with Crippen LogP contribution in [0.1, 0.15) is 71.1 Å². The van der Waals surface area contributed by atoms with Crippen molar-refractivity contribution in [3.8, 4) is 6.07 Å². The molecule has 2 nitrogen and oxygen atoms in total. The van der Waals surface area contributed by atoms with Crippen LogP contribution in [0.15, 0.2) is 0 Å². The van der Waals surface area contributed by atoms with Gasteiger partial charge in [0, 0.05) is 12.1 Å². The summed E-state index contributed by atoms with van der Waals surface area (Å²) >= 11 is 0. The van der Waals surface area contributed by atoms with E-state index in [1.54, 1.807) is 0 Å². The summed E-state index contributed by atoms with van der Waals surface area (Å²) in [6.07, 6.45) is 13.1. The van der Waals surface area contributed by atoms with Gasteiger partial charge in [-0.2, -0.15) is 5.26 Å². The van der Waals surface area contributed by atoms with E-state index >= 15 is 0 Å². The molecule has 2 heteroatoms. The summed E-state index contributed by atoms with van der Waals surface area (Å²) in [4.78, 5) is 0. The van der Waals surface area contributed by atoms with Crippen LogP contribution < -0.4 is 5.32 Å². The standard InChI is InChI=1S/C16H28N2/c1-2-5-13-8-10-15(11-9-13)18-16-7-4-3-6-14(16)12-17/h13-16,18H,2-11H2,1H3. The average Bonchev–Trinajstić information content (AvgIpc) is 2.42. The van der Waals surface area contributed by atoms with E-state index in [4.69, 9.17) is 0 Å². The smallest absolute Gasteiger partial charge is 0.0672 e. The largest absolute Gasteiger partial charge is 0.310 e. The first-order valence-corrected chi connectivity index (χ1v) is 7.99. The number of nitrogens with zero attached hydrogens (tertiary/aromatic N) is 1.